The molecule has 0 aliphatic carbocycles. The largest absolute Gasteiger partial charge is 0.481 e. The molecule has 6 N–H and O–H groups in total. The monoisotopic (exact) mass is 484 g/mol. The van der Waals surface area contributed by atoms with Gasteiger partial charge in [-0.2, -0.15) is 0 Å². The summed E-state index contributed by atoms with van der Waals surface area (Å²) in [6.45, 7) is 6.00. The summed E-state index contributed by atoms with van der Waals surface area (Å²) in [6.07, 6.45) is 4.56. The molecule has 2 saturated heterocycles. The molecule has 2 rings (SSSR count). The fraction of sp³-hybridized carbons (Fsp3) is 0.783. The van der Waals surface area contributed by atoms with Gasteiger partial charge >= 0.3 is 11.9 Å². The first-order valence-electron chi connectivity index (χ1n) is 12.0. The maximum atomic E-state index is 12.1. The van der Waals surface area contributed by atoms with Gasteiger partial charge in [-0.05, 0) is 58.5 Å². The van der Waals surface area contributed by atoms with Crippen molar-refractivity contribution in [3.8, 4) is 0 Å². The van der Waals surface area contributed by atoms with E-state index in [9.17, 15) is 24.0 Å². The minimum Gasteiger partial charge on any atom is -0.481 e. The van der Waals surface area contributed by atoms with Gasteiger partial charge in [0.2, 0.25) is 11.8 Å². The molecule has 0 bridgehead atoms. The Hall–Kier alpha value is -2.53. The van der Waals surface area contributed by atoms with E-state index in [1.54, 1.807) is 6.92 Å². The van der Waals surface area contributed by atoms with Gasteiger partial charge < -0.3 is 31.5 Å². The third kappa shape index (κ3) is 12.1. The minimum atomic E-state index is -0.870. The predicted octanol–water partition coefficient (Wildman–Crippen LogP) is 0.302. The Kier molecular flexibility index (Phi) is 13.4. The number of carbonyl (C=O) groups excluding carboxylic acids is 3. The molecule has 0 aromatic rings. The molecule has 2 amide bonds. The number of nitrogens with two attached hydrogens (primary N) is 2. The Morgan fingerprint density at radius 1 is 0.794 bits per heavy atom. The van der Waals surface area contributed by atoms with Crippen LogP contribution < -0.4 is 11.5 Å². The molecule has 0 aromatic carbocycles. The number of rotatable bonds is 12. The van der Waals surface area contributed by atoms with Gasteiger partial charge in [0.05, 0.1) is 11.8 Å². The number of carboxylic acids is 2. The zero-order valence-corrected chi connectivity index (χ0v) is 20.1. The standard InChI is InChI=1S/C17H30N4O3.C6H10O4/c1-12(22)15(10-20-6-2-4-13(8-20)16(18)23)11-21-7-3-5-14(9-21)17(19)24;7-5(8)3-1-2-4-6(9)10/h13-15H,2-11H2,1H3,(H2,18,23)(H2,19,24);1-4H2,(H,7,8)(H,9,10). The van der Waals surface area contributed by atoms with Gasteiger partial charge in [0.15, 0.2) is 0 Å². The number of aliphatic carboxylic acids is 2. The summed E-state index contributed by atoms with van der Waals surface area (Å²) in [5.74, 6) is -2.42. The molecule has 2 unspecified atom stereocenters. The lowest BCUT2D eigenvalue weighted by atomic mass is 9.93. The Morgan fingerprint density at radius 3 is 1.47 bits per heavy atom. The molecular formula is C23H40N4O7. The fourth-order valence-electron chi connectivity index (χ4n) is 4.40. The van der Waals surface area contributed by atoms with E-state index in [0.717, 1.165) is 38.8 Å². The van der Waals surface area contributed by atoms with Crippen LogP contribution in [0.4, 0.5) is 0 Å². The predicted molar refractivity (Wildman–Crippen MR) is 125 cm³/mol. The van der Waals surface area contributed by atoms with E-state index in [4.69, 9.17) is 21.7 Å². The van der Waals surface area contributed by atoms with Crippen LogP contribution in [-0.4, -0.2) is 88.8 Å². The number of nitrogens with zero attached hydrogens (tertiary/aromatic N) is 2. The molecule has 0 aromatic heterocycles. The number of amides is 2. The summed E-state index contributed by atoms with van der Waals surface area (Å²) in [6, 6.07) is 0. The molecule has 34 heavy (non-hydrogen) atoms. The van der Waals surface area contributed by atoms with Gasteiger partial charge in [0.25, 0.3) is 0 Å². The third-order valence-electron chi connectivity index (χ3n) is 6.38. The molecule has 0 radical (unpaired) electrons. The van der Waals surface area contributed by atoms with Gasteiger partial charge in [-0.25, -0.2) is 0 Å². The second-order valence-electron chi connectivity index (χ2n) is 9.30. The summed E-state index contributed by atoms with van der Waals surface area (Å²) >= 11 is 0. The van der Waals surface area contributed by atoms with Crippen molar-refractivity contribution in [2.45, 2.75) is 58.3 Å². The molecule has 2 atom stereocenters. The second kappa shape index (κ2) is 15.4. The van der Waals surface area contributed by atoms with E-state index in [1.165, 1.54) is 0 Å². The van der Waals surface area contributed by atoms with Crippen molar-refractivity contribution >= 4 is 29.5 Å². The molecule has 194 valence electrons. The average molecular weight is 485 g/mol. The lowest BCUT2D eigenvalue weighted by Gasteiger charge is -2.36. The lowest BCUT2D eigenvalue weighted by molar-refractivity contribution is -0.139. The first-order valence-corrected chi connectivity index (χ1v) is 12.0. The molecule has 11 nitrogen and oxygen atoms in total. The maximum absolute atomic E-state index is 12.1. The minimum absolute atomic E-state index is 0.0628. The van der Waals surface area contributed by atoms with Crippen molar-refractivity contribution < 1.29 is 34.2 Å². The molecule has 2 heterocycles. The highest BCUT2D eigenvalue weighted by Crippen LogP contribution is 2.20. The van der Waals surface area contributed by atoms with Crippen LogP contribution in [0.3, 0.4) is 0 Å². The van der Waals surface area contributed by atoms with Crippen LogP contribution in [0.25, 0.3) is 0 Å². The number of carbonyl (C=O) groups is 5. The Bertz CT molecular complexity index is 663. The number of carboxylic acid groups (broad SMARTS) is 2. The summed E-state index contributed by atoms with van der Waals surface area (Å²) < 4.78 is 0. The smallest absolute Gasteiger partial charge is 0.303 e. The molecular weight excluding hydrogens is 444 g/mol. The second-order valence-corrected chi connectivity index (χ2v) is 9.30. The number of hydrogen-bond donors (Lipinski definition) is 4. The Morgan fingerprint density at radius 2 is 1.18 bits per heavy atom. The summed E-state index contributed by atoms with van der Waals surface area (Å²) in [7, 11) is 0. The lowest BCUT2D eigenvalue weighted by Crippen LogP contribution is -2.48. The van der Waals surface area contributed by atoms with E-state index < -0.39 is 11.9 Å². The number of hydrogen-bond acceptors (Lipinski definition) is 7. The zero-order chi connectivity index (χ0) is 25.7. The van der Waals surface area contributed by atoms with Crippen LogP contribution in [0.2, 0.25) is 0 Å². The van der Waals surface area contributed by atoms with Gasteiger partial charge in [-0.15, -0.1) is 0 Å². The zero-order valence-electron chi connectivity index (χ0n) is 20.1. The van der Waals surface area contributed by atoms with Gasteiger partial charge in [0, 0.05) is 44.9 Å². The van der Waals surface area contributed by atoms with E-state index >= 15 is 0 Å². The quantitative estimate of drug-likeness (QED) is 0.283. The highest BCUT2D eigenvalue weighted by atomic mass is 16.4. The van der Waals surface area contributed by atoms with Crippen molar-refractivity contribution in [3.63, 3.8) is 0 Å². The van der Waals surface area contributed by atoms with Crippen LogP contribution >= 0.6 is 0 Å². The van der Waals surface area contributed by atoms with Gasteiger partial charge in [-0.3, -0.25) is 24.0 Å². The van der Waals surface area contributed by atoms with Crippen LogP contribution in [0.5, 0.6) is 0 Å². The molecule has 2 fully saturated rings. The summed E-state index contributed by atoms with van der Waals surface area (Å²) in [4.78, 5) is 59.1. The number of ketones is 1. The first kappa shape index (κ1) is 29.5. The van der Waals surface area contributed by atoms with Gasteiger partial charge in [-0.1, -0.05) is 0 Å². The van der Waals surface area contributed by atoms with Crippen molar-refractivity contribution in [1.82, 2.24) is 9.80 Å². The molecule has 0 saturated carbocycles. The van der Waals surface area contributed by atoms with Crippen molar-refractivity contribution in [2.24, 2.45) is 29.2 Å². The maximum Gasteiger partial charge on any atom is 0.303 e. The highest BCUT2D eigenvalue weighted by Gasteiger charge is 2.30. The normalized spacial score (nSPS) is 22.1. The third-order valence-corrected chi connectivity index (χ3v) is 6.38. The topological polar surface area (TPSA) is 184 Å². The van der Waals surface area contributed by atoms with Crippen LogP contribution in [-0.2, 0) is 24.0 Å². The molecule has 2 aliphatic rings. The van der Waals surface area contributed by atoms with Crippen LogP contribution in [0, 0.1) is 17.8 Å². The highest BCUT2D eigenvalue weighted by molar-refractivity contribution is 5.79. The number of Topliss-reactive ketones (excluding diaryl/α,β-unsaturated/α-hetero) is 1. The first-order chi connectivity index (χ1) is 16.0. The van der Waals surface area contributed by atoms with E-state index in [1.807, 2.05) is 0 Å². The SMILES string of the molecule is CC(=O)C(CN1CCCC(C(N)=O)C1)CN1CCCC(C(N)=O)C1.O=C(O)CCCCC(=O)O. The number of likely N-dealkylation sites (tertiary alicyclic amines) is 2. The molecule has 11 heteroatoms. The number of unbranched alkanes of at least 4 members (excludes halogenated alkanes) is 1. The average Bonchev–Trinajstić information content (AvgIpc) is 2.77. The van der Waals surface area contributed by atoms with E-state index in [-0.39, 0.29) is 48.2 Å². The van der Waals surface area contributed by atoms with E-state index in [2.05, 4.69) is 9.80 Å². The van der Waals surface area contributed by atoms with Crippen molar-refractivity contribution in [1.29, 1.82) is 0 Å². The number of primary amides is 2. The van der Waals surface area contributed by atoms with Crippen molar-refractivity contribution in [3.05, 3.63) is 0 Å². The number of piperidine rings is 2. The molecule has 0 spiro atoms. The summed E-state index contributed by atoms with van der Waals surface area (Å²) in [5.41, 5.74) is 10.9. The van der Waals surface area contributed by atoms with Crippen LogP contribution in [0.15, 0.2) is 0 Å². The van der Waals surface area contributed by atoms with Gasteiger partial charge in [0.1, 0.15) is 5.78 Å². The van der Waals surface area contributed by atoms with Crippen molar-refractivity contribution in [2.75, 3.05) is 39.3 Å². The van der Waals surface area contributed by atoms with Crippen LogP contribution in [0.1, 0.15) is 58.3 Å². The molecule has 2 aliphatic heterocycles. The fourth-order valence-corrected chi connectivity index (χ4v) is 4.40. The Labute approximate surface area is 200 Å². The Balaban J connectivity index is 0.000000489. The summed E-state index contributed by atoms with van der Waals surface area (Å²) in [5, 5.41) is 16.3. The van der Waals surface area contributed by atoms with E-state index in [0.29, 0.717) is 39.0 Å².